The fourth-order valence-electron chi connectivity index (χ4n) is 4.82. The zero-order valence-electron chi connectivity index (χ0n) is 18.2. The molecule has 0 heterocycles. The van der Waals surface area contributed by atoms with Gasteiger partial charge in [0.05, 0.1) is 5.92 Å². The van der Waals surface area contributed by atoms with Crippen LogP contribution in [0, 0.1) is 5.92 Å². The van der Waals surface area contributed by atoms with E-state index in [-0.39, 0.29) is 37.4 Å². The maximum Gasteiger partial charge on any atom is 0.407 e. The van der Waals surface area contributed by atoms with Crippen molar-refractivity contribution >= 4 is 18.0 Å². The lowest BCUT2D eigenvalue weighted by molar-refractivity contribution is -0.147. The van der Waals surface area contributed by atoms with Gasteiger partial charge >= 0.3 is 12.1 Å². The number of hydrogen-bond donors (Lipinski definition) is 4. The lowest BCUT2D eigenvalue weighted by Gasteiger charge is -2.21. The molecule has 8 nitrogen and oxygen atoms in total. The number of fused-ring (bicyclic) bond motifs is 3. The molecule has 2 aromatic rings. The van der Waals surface area contributed by atoms with E-state index in [9.17, 15) is 19.5 Å². The van der Waals surface area contributed by atoms with Gasteiger partial charge in [-0.2, -0.15) is 0 Å². The van der Waals surface area contributed by atoms with Gasteiger partial charge in [-0.3, -0.25) is 4.79 Å². The van der Waals surface area contributed by atoms with Gasteiger partial charge in [0.1, 0.15) is 6.61 Å². The van der Waals surface area contributed by atoms with Gasteiger partial charge in [0.2, 0.25) is 5.91 Å². The Morgan fingerprint density at radius 2 is 1.64 bits per heavy atom. The molecule has 0 aliphatic heterocycles. The zero-order valence-corrected chi connectivity index (χ0v) is 18.2. The van der Waals surface area contributed by atoms with Gasteiger partial charge in [0, 0.05) is 24.9 Å². The first-order valence-electron chi connectivity index (χ1n) is 11.3. The van der Waals surface area contributed by atoms with E-state index in [1.165, 1.54) is 0 Å². The third-order valence-corrected chi connectivity index (χ3v) is 6.50. The molecule has 174 valence electrons. The number of nitrogens with one attached hydrogen (secondary N) is 2. The average Bonchev–Trinajstić information content (AvgIpc) is 3.40. The van der Waals surface area contributed by atoms with Gasteiger partial charge in [0.15, 0.2) is 6.10 Å². The molecule has 8 heteroatoms. The van der Waals surface area contributed by atoms with Crippen LogP contribution in [0.2, 0.25) is 0 Å². The minimum atomic E-state index is -1.51. The van der Waals surface area contributed by atoms with Crippen LogP contribution in [-0.2, 0) is 14.3 Å². The molecule has 2 aliphatic rings. The summed E-state index contributed by atoms with van der Waals surface area (Å²) in [5, 5.41) is 23.5. The number of aliphatic hydroxyl groups excluding tert-OH is 1. The quantitative estimate of drug-likeness (QED) is 0.488. The van der Waals surface area contributed by atoms with Crippen LogP contribution in [0.25, 0.3) is 11.1 Å². The van der Waals surface area contributed by atoms with Crippen LogP contribution in [0.1, 0.15) is 42.7 Å². The van der Waals surface area contributed by atoms with Gasteiger partial charge in [-0.15, -0.1) is 0 Å². The maximum atomic E-state index is 12.6. The predicted molar refractivity (Wildman–Crippen MR) is 121 cm³/mol. The van der Waals surface area contributed by atoms with E-state index in [2.05, 4.69) is 34.9 Å². The molecule has 0 spiro atoms. The molecule has 4 rings (SSSR count). The van der Waals surface area contributed by atoms with Gasteiger partial charge in [-0.1, -0.05) is 55.0 Å². The van der Waals surface area contributed by atoms with E-state index in [1.54, 1.807) is 0 Å². The number of aliphatic hydroxyl groups is 1. The molecule has 3 atom stereocenters. The topological polar surface area (TPSA) is 125 Å². The summed E-state index contributed by atoms with van der Waals surface area (Å²) in [7, 11) is 0. The average molecular weight is 453 g/mol. The van der Waals surface area contributed by atoms with Crippen LogP contribution in [0.3, 0.4) is 0 Å². The third kappa shape index (κ3) is 5.01. The van der Waals surface area contributed by atoms with Gasteiger partial charge < -0.3 is 25.6 Å². The predicted octanol–water partition coefficient (Wildman–Crippen LogP) is 2.65. The Kier molecular flexibility index (Phi) is 6.93. The number of rotatable bonds is 8. The molecule has 0 unspecified atom stereocenters. The summed E-state index contributed by atoms with van der Waals surface area (Å²) in [6.07, 6.45) is -0.0455. The Balaban J connectivity index is 1.31. The van der Waals surface area contributed by atoms with E-state index in [0.29, 0.717) is 12.8 Å². The van der Waals surface area contributed by atoms with Crippen molar-refractivity contribution < 1.29 is 29.3 Å². The maximum absolute atomic E-state index is 12.6. The Morgan fingerprint density at radius 3 is 2.27 bits per heavy atom. The molecule has 0 bridgehead atoms. The summed E-state index contributed by atoms with van der Waals surface area (Å²) in [5.74, 6) is -2.02. The molecule has 33 heavy (non-hydrogen) atoms. The Morgan fingerprint density at radius 1 is 1.00 bits per heavy atom. The number of carboxylic acid groups (broad SMARTS) is 1. The highest BCUT2D eigenvalue weighted by atomic mass is 16.5. The molecule has 1 fully saturated rings. The highest BCUT2D eigenvalue weighted by Crippen LogP contribution is 2.44. The van der Waals surface area contributed by atoms with Crippen molar-refractivity contribution in [3.05, 3.63) is 59.7 Å². The van der Waals surface area contributed by atoms with E-state index >= 15 is 0 Å². The lowest BCUT2D eigenvalue weighted by Crippen LogP contribution is -2.45. The number of benzene rings is 2. The number of hydrogen-bond acceptors (Lipinski definition) is 5. The fraction of sp³-hybridized carbons (Fsp3) is 0.400. The Bertz CT molecular complexity index is 994. The molecule has 2 aliphatic carbocycles. The lowest BCUT2D eigenvalue weighted by atomic mass is 9.98. The number of alkyl carbamates (subject to hydrolysis) is 1. The smallest absolute Gasteiger partial charge is 0.407 e. The van der Waals surface area contributed by atoms with E-state index < -0.39 is 24.1 Å². The minimum absolute atomic E-state index is 0.0357. The number of aliphatic carboxylic acids is 1. The van der Waals surface area contributed by atoms with Crippen molar-refractivity contribution in [2.45, 2.75) is 43.7 Å². The zero-order chi connectivity index (χ0) is 23.4. The number of amides is 2. The summed E-state index contributed by atoms with van der Waals surface area (Å²) in [6, 6.07) is 15.9. The van der Waals surface area contributed by atoms with E-state index in [1.807, 2.05) is 24.3 Å². The first-order valence-corrected chi connectivity index (χ1v) is 11.3. The molecule has 1 saturated carbocycles. The van der Waals surface area contributed by atoms with Crippen molar-refractivity contribution in [2.24, 2.45) is 5.92 Å². The highest BCUT2D eigenvalue weighted by molar-refractivity contribution is 5.81. The molecule has 0 saturated heterocycles. The van der Waals surface area contributed by atoms with Crippen molar-refractivity contribution in [3.8, 4) is 11.1 Å². The fourth-order valence-corrected chi connectivity index (χ4v) is 4.82. The SMILES string of the molecule is O=C(N[C@@H]1CCC[C@@H]1C(=O)NCC[C@H](O)C(=O)O)OCC1c2ccccc2-c2ccccc21. The summed E-state index contributed by atoms with van der Waals surface area (Å²) in [6.45, 7) is 0.261. The standard InChI is InChI=1S/C25H28N2O6/c28-22(24(30)31)12-13-26-23(29)19-10-5-11-21(19)27-25(32)33-14-20-17-8-3-1-6-15(17)16-7-2-4-9-18(16)20/h1-4,6-9,19-22,28H,5,10-14H2,(H,26,29)(H,27,32)(H,30,31)/t19-,21+,22-/m0/s1. The van der Waals surface area contributed by atoms with Gasteiger partial charge in [0.25, 0.3) is 0 Å². The minimum Gasteiger partial charge on any atom is -0.479 e. The molecular weight excluding hydrogens is 424 g/mol. The van der Waals surface area contributed by atoms with Crippen molar-refractivity contribution in [2.75, 3.05) is 13.2 Å². The molecule has 0 aromatic heterocycles. The second-order valence-electron chi connectivity index (χ2n) is 8.55. The first-order chi connectivity index (χ1) is 16.0. The largest absolute Gasteiger partial charge is 0.479 e. The number of carbonyl (C=O) groups excluding carboxylic acids is 2. The summed E-state index contributed by atoms with van der Waals surface area (Å²) < 4.78 is 5.59. The van der Waals surface area contributed by atoms with Crippen molar-refractivity contribution in [3.63, 3.8) is 0 Å². The van der Waals surface area contributed by atoms with E-state index in [0.717, 1.165) is 28.7 Å². The van der Waals surface area contributed by atoms with Gasteiger partial charge in [-0.05, 0) is 35.1 Å². The first kappa shape index (κ1) is 22.8. The molecule has 4 N–H and O–H groups in total. The third-order valence-electron chi connectivity index (χ3n) is 6.50. The normalized spacial score (nSPS) is 19.9. The summed E-state index contributed by atoms with van der Waals surface area (Å²) in [5.41, 5.74) is 4.58. The van der Waals surface area contributed by atoms with Crippen LogP contribution < -0.4 is 10.6 Å². The molecule has 0 radical (unpaired) electrons. The van der Waals surface area contributed by atoms with Crippen LogP contribution in [0.5, 0.6) is 0 Å². The van der Waals surface area contributed by atoms with Gasteiger partial charge in [-0.25, -0.2) is 9.59 Å². The molecular formula is C25H28N2O6. The molecule has 2 amide bonds. The van der Waals surface area contributed by atoms with Crippen LogP contribution in [0.15, 0.2) is 48.5 Å². The second-order valence-corrected chi connectivity index (χ2v) is 8.55. The summed E-state index contributed by atoms with van der Waals surface area (Å²) >= 11 is 0. The second kappa shape index (κ2) is 10.0. The number of ether oxygens (including phenoxy) is 1. The summed E-state index contributed by atoms with van der Waals surface area (Å²) in [4.78, 5) is 35.7. The highest BCUT2D eigenvalue weighted by Gasteiger charge is 2.35. The molecule has 2 aromatic carbocycles. The number of carbonyl (C=O) groups is 3. The van der Waals surface area contributed by atoms with Crippen LogP contribution in [-0.4, -0.2) is 53.5 Å². The van der Waals surface area contributed by atoms with Crippen molar-refractivity contribution in [1.29, 1.82) is 0 Å². The Labute approximate surface area is 192 Å². The van der Waals surface area contributed by atoms with Crippen molar-refractivity contribution in [1.82, 2.24) is 10.6 Å². The monoisotopic (exact) mass is 452 g/mol. The van der Waals surface area contributed by atoms with Crippen LogP contribution >= 0.6 is 0 Å². The number of carboxylic acids is 1. The Hall–Kier alpha value is -3.39. The van der Waals surface area contributed by atoms with E-state index in [4.69, 9.17) is 9.84 Å². The van der Waals surface area contributed by atoms with Crippen LogP contribution in [0.4, 0.5) is 4.79 Å².